The van der Waals surface area contributed by atoms with E-state index >= 15 is 0 Å². The van der Waals surface area contributed by atoms with Crippen LogP contribution < -0.4 is 10.2 Å². The predicted octanol–water partition coefficient (Wildman–Crippen LogP) is 3.90. The number of aliphatic carboxylic acids is 1. The van der Waals surface area contributed by atoms with E-state index in [0.29, 0.717) is 16.9 Å². The van der Waals surface area contributed by atoms with Gasteiger partial charge >= 0.3 is 12.1 Å². The maximum absolute atomic E-state index is 13.1. The van der Waals surface area contributed by atoms with Crippen LogP contribution in [0.1, 0.15) is 16.8 Å². The number of hydrogen-bond acceptors (Lipinski definition) is 6. The summed E-state index contributed by atoms with van der Waals surface area (Å²) in [5.41, 5.74) is 1.89. The van der Waals surface area contributed by atoms with Crippen LogP contribution in [-0.2, 0) is 4.79 Å². The lowest BCUT2D eigenvalue weighted by Gasteiger charge is -2.21. The van der Waals surface area contributed by atoms with E-state index in [4.69, 9.17) is 0 Å². The molecule has 0 aliphatic rings. The molecule has 0 spiro atoms. The molecule has 0 aliphatic carbocycles. The molecule has 1 atom stereocenters. The van der Waals surface area contributed by atoms with E-state index in [9.17, 15) is 24.6 Å². The maximum Gasteiger partial charge on any atom is 0.416 e. The molecule has 170 valence electrons. The van der Waals surface area contributed by atoms with Gasteiger partial charge in [0.25, 0.3) is 5.91 Å². The van der Waals surface area contributed by atoms with Gasteiger partial charge in [-0.25, -0.2) is 24.5 Å². The molecule has 10 heteroatoms. The Bertz CT molecular complexity index is 1130. The van der Waals surface area contributed by atoms with Crippen molar-refractivity contribution in [2.45, 2.75) is 12.5 Å². The first-order valence-corrected chi connectivity index (χ1v) is 11.3. The molecule has 3 aromatic rings. The highest BCUT2D eigenvalue weighted by molar-refractivity contribution is 7.98. The first kappa shape index (κ1) is 23.7. The molecule has 3 N–H and O–H groups in total. The van der Waals surface area contributed by atoms with Crippen LogP contribution in [0.2, 0.25) is 0 Å². The highest BCUT2D eigenvalue weighted by Crippen LogP contribution is 2.32. The van der Waals surface area contributed by atoms with Crippen LogP contribution >= 0.6 is 11.8 Å². The number of rotatable bonds is 9. The molecule has 2 amide bonds. The number of anilines is 2. The van der Waals surface area contributed by atoms with Gasteiger partial charge in [0.15, 0.2) is 0 Å². The lowest BCUT2D eigenvalue weighted by molar-refractivity contribution is -0.139. The fraction of sp³-hybridized carbons (Fsp3) is 0.174. The molecule has 0 fully saturated rings. The van der Waals surface area contributed by atoms with Crippen molar-refractivity contribution in [3.63, 3.8) is 0 Å². The zero-order valence-corrected chi connectivity index (χ0v) is 18.5. The third-order valence-electron chi connectivity index (χ3n) is 4.80. The molecule has 2 aromatic carbocycles. The first-order chi connectivity index (χ1) is 15.9. The average Bonchev–Trinajstić information content (AvgIpc) is 2.82. The minimum atomic E-state index is -1.25. The third-order valence-corrected chi connectivity index (χ3v) is 5.45. The zero-order valence-electron chi connectivity index (χ0n) is 17.7. The lowest BCUT2D eigenvalue weighted by atomic mass is 9.97. The monoisotopic (exact) mass is 466 g/mol. The van der Waals surface area contributed by atoms with Crippen LogP contribution in [0.5, 0.6) is 0 Å². The fourth-order valence-corrected chi connectivity index (χ4v) is 3.70. The number of carbonyl (C=O) groups excluding carboxylic acids is 1. The second kappa shape index (κ2) is 11.1. The van der Waals surface area contributed by atoms with Gasteiger partial charge in [-0.2, -0.15) is 11.8 Å². The Morgan fingerprint density at radius 3 is 2.33 bits per heavy atom. The van der Waals surface area contributed by atoms with Crippen LogP contribution in [0, 0.1) is 0 Å². The topological polar surface area (TPSA) is 133 Å². The molecule has 0 aliphatic heterocycles. The van der Waals surface area contributed by atoms with Gasteiger partial charge < -0.3 is 15.5 Å². The highest BCUT2D eigenvalue weighted by Gasteiger charge is 2.24. The Morgan fingerprint density at radius 2 is 1.73 bits per heavy atom. The quantitative estimate of drug-likeness (QED) is 0.433. The molecule has 0 radical (unpaired) electrons. The van der Waals surface area contributed by atoms with E-state index in [1.165, 1.54) is 42.6 Å². The Kier molecular flexibility index (Phi) is 7.98. The van der Waals surface area contributed by atoms with Gasteiger partial charge in [0.1, 0.15) is 12.4 Å². The number of carboxylic acids is 1. The molecule has 0 saturated carbocycles. The summed E-state index contributed by atoms with van der Waals surface area (Å²) in [7, 11) is 0. The SMILES string of the molecule is CSCC[C@H](NC(=O)c1ccc(N(C(=O)O)c2cncnc2)cc1-c1ccccc1)C(=O)O. The number of amides is 2. The zero-order chi connectivity index (χ0) is 23.8. The Hall–Kier alpha value is -3.92. The van der Waals surface area contributed by atoms with Crippen molar-refractivity contribution in [2.24, 2.45) is 0 Å². The summed E-state index contributed by atoms with van der Waals surface area (Å²) in [6, 6.07) is 12.5. The van der Waals surface area contributed by atoms with Gasteiger partial charge in [0, 0.05) is 5.56 Å². The van der Waals surface area contributed by atoms with Crippen molar-refractivity contribution < 1.29 is 24.6 Å². The second-order valence-electron chi connectivity index (χ2n) is 6.96. The number of carbonyl (C=O) groups is 3. The molecule has 0 bridgehead atoms. The van der Waals surface area contributed by atoms with Crippen molar-refractivity contribution in [3.05, 3.63) is 72.8 Å². The Labute approximate surface area is 194 Å². The Morgan fingerprint density at radius 1 is 1.03 bits per heavy atom. The van der Waals surface area contributed by atoms with Gasteiger partial charge in [-0.1, -0.05) is 30.3 Å². The second-order valence-corrected chi connectivity index (χ2v) is 7.94. The minimum Gasteiger partial charge on any atom is -0.480 e. The van der Waals surface area contributed by atoms with E-state index in [-0.39, 0.29) is 23.4 Å². The number of thioether (sulfide) groups is 1. The molecule has 0 unspecified atom stereocenters. The highest BCUT2D eigenvalue weighted by atomic mass is 32.2. The number of benzene rings is 2. The summed E-state index contributed by atoms with van der Waals surface area (Å²) in [5, 5.41) is 21.9. The maximum atomic E-state index is 13.1. The largest absolute Gasteiger partial charge is 0.480 e. The van der Waals surface area contributed by atoms with Crippen molar-refractivity contribution in [1.82, 2.24) is 15.3 Å². The molecule has 0 saturated heterocycles. The van der Waals surface area contributed by atoms with Crippen LogP contribution in [0.25, 0.3) is 11.1 Å². The third kappa shape index (κ3) is 5.86. The van der Waals surface area contributed by atoms with E-state index in [2.05, 4.69) is 15.3 Å². The molecular formula is C23H22N4O5S. The Balaban J connectivity index is 2.05. The molecule has 9 nitrogen and oxygen atoms in total. The van der Waals surface area contributed by atoms with Gasteiger partial charge in [-0.05, 0) is 47.8 Å². The van der Waals surface area contributed by atoms with Crippen LogP contribution in [0.4, 0.5) is 16.2 Å². The molecule has 1 heterocycles. The van der Waals surface area contributed by atoms with Gasteiger partial charge in [0.2, 0.25) is 0 Å². The van der Waals surface area contributed by atoms with E-state index < -0.39 is 24.0 Å². The summed E-state index contributed by atoms with van der Waals surface area (Å²) in [5.74, 6) is -1.09. The van der Waals surface area contributed by atoms with Gasteiger partial charge in [-0.3, -0.25) is 4.79 Å². The van der Waals surface area contributed by atoms with Crippen LogP contribution in [-0.4, -0.2) is 56.2 Å². The van der Waals surface area contributed by atoms with Crippen LogP contribution in [0.3, 0.4) is 0 Å². The summed E-state index contributed by atoms with van der Waals surface area (Å²) >= 11 is 1.49. The molecular weight excluding hydrogens is 444 g/mol. The smallest absolute Gasteiger partial charge is 0.416 e. The summed E-state index contributed by atoms with van der Waals surface area (Å²) in [4.78, 5) is 45.4. The summed E-state index contributed by atoms with van der Waals surface area (Å²) in [6.45, 7) is 0. The summed E-state index contributed by atoms with van der Waals surface area (Å²) < 4.78 is 0. The number of nitrogens with zero attached hydrogens (tertiary/aromatic N) is 3. The first-order valence-electron chi connectivity index (χ1n) is 9.92. The van der Waals surface area contributed by atoms with E-state index in [1.807, 2.05) is 12.3 Å². The summed E-state index contributed by atoms with van der Waals surface area (Å²) in [6.07, 6.45) is 4.92. The van der Waals surface area contributed by atoms with E-state index in [1.54, 1.807) is 30.3 Å². The normalized spacial score (nSPS) is 11.4. The minimum absolute atomic E-state index is 0.231. The van der Waals surface area contributed by atoms with Crippen molar-refractivity contribution >= 4 is 41.1 Å². The number of hydrogen-bond donors (Lipinski definition) is 3. The lowest BCUT2D eigenvalue weighted by Crippen LogP contribution is -2.41. The van der Waals surface area contributed by atoms with Crippen molar-refractivity contribution in [1.29, 1.82) is 0 Å². The van der Waals surface area contributed by atoms with Gasteiger partial charge in [0.05, 0.1) is 23.8 Å². The predicted molar refractivity (Wildman–Crippen MR) is 126 cm³/mol. The molecule has 33 heavy (non-hydrogen) atoms. The number of carboxylic acid groups (broad SMARTS) is 2. The molecule has 3 rings (SSSR count). The van der Waals surface area contributed by atoms with Gasteiger partial charge in [-0.15, -0.1) is 0 Å². The number of nitrogens with one attached hydrogen (secondary N) is 1. The standard InChI is InChI=1S/C23H22N4O5S/c1-33-10-9-20(22(29)30)26-21(28)18-8-7-16(11-19(18)15-5-3-2-4-6-15)27(23(31)32)17-12-24-14-25-13-17/h2-8,11-14,20H,9-10H2,1H3,(H,26,28)(H,29,30)(H,31,32)/t20-/m0/s1. The van der Waals surface area contributed by atoms with Crippen molar-refractivity contribution in [3.8, 4) is 11.1 Å². The van der Waals surface area contributed by atoms with Crippen LogP contribution in [0.15, 0.2) is 67.3 Å². The molecule has 1 aromatic heterocycles. The van der Waals surface area contributed by atoms with E-state index in [0.717, 1.165) is 4.90 Å². The number of aromatic nitrogens is 2. The average molecular weight is 467 g/mol. The fourth-order valence-electron chi connectivity index (χ4n) is 3.23. The van der Waals surface area contributed by atoms with Crippen molar-refractivity contribution in [2.75, 3.05) is 16.9 Å².